The third-order valence-corrected chi connectivity index (χ3v) is 4.38. The molecule has 3 N–H and O–H groups in total. The van der Waals surface area contributed by atoms with E-state index in [0.717, 1.165) is 5.56 Å². The van der Waals surface area contributed by atoms with Crippen molar-refractivity contribution < 1.29 is 24.2 Å². The molecule has 7 nitrogen and oxygen atoms in total. The monoisotopic (exact) mass is 390 g/mol. The highest BCUT2D eigenvalue weighted by Gasteiger charge is 2.27. The summed E-state index contributed by atoms with van der Waals surface area (Å²) in [4.78, 5) is 24.9. The molecule has 0 saturated carbocycles. The molecule has 1 aliphatic rings. The van der Waals surface area contributed by atoms with Crippen molar-refractivity contribution in [2.24, 2.45) is 5.92 Å². The van der Waals surface area contributed by atoms with Crippen LogP contribution in [0.5, 0.6) is 0 Å². The SMILES string of the molecule is CC(C)C[C@H](NC(=O)OCc1ccccc1)C(=O)N[C@H]1C/C=C\COCC1O. The predicted octanol–water partition coefficient (Wildman–Crippen LogP) is 2.15. The number of benzene rings is 1. The van der Waals surface area contributed by atoms with Gasteiger partial charge in [-0.1, -0.05) is 56.3 Å². The molecule has 154 valence electrons. The van der Waals surface area contributed by atoms with E-state index >= 15 is 0 Å². The number of hydrogen-bond donors (Lipinski definition) is 3. The molecule has 1 aromatic rings. The molecule has 2 rings (SSSR count). The number of carbonyl (C=O) groups excluding carboxylic acids is 2. The quantitative estimate of drug-likeness (QED) is 0.620. The maximum Gasteiger partial charge on any atom is 0.408 e. The number of aliphatic hydroxyl groups is 1. The molecule has 0 radical (unpaired) electrons. The van der Waals surface area contributed by atoms with Gasteiger partial charge in [-0.2, -0.15) is 0 Å². The number of amides is 2. The predicted molar refractivity (Wildman–Crippen MR) is 106 cm³/mol. The van der Waals surface area contributed by atoms with Crippen molar-refractivity contribution in [1.29, 1.82) is 0 Å². The summed E-state index contributed by atoms with van der Waals surface area (Å²) < 4.78 is 10.5. The summed E-state index contributed by atoms with van der Waals surface area (Å²) in [7, 11) is 0. The van der Waals surface area contributed by atoms with E-state index in [4.69, 9.17) is 9.47 Å². The second kappa shape index (κ2) is 11.5. The number of alkyl carbamates (subject to hydrolysis) is 1. The van der Waals surface area contributed by atoms with Gasteiger partial charge in [-0.3, -0.25) is 4.79 Å². The standard InChI is InChI=1S/C21H30N2O5/c1-15(2)12-18(23-21(26)28-13-16-8-4-3-5-9-16)20(25)22-17-10-6-7-11-27-14-19(17)24/h3-9,15,17-19,24H,10-14H2,1-2H3,(H,22,25)(H,23,26)/b7-6-/t17-,18-,19?/m0/s1. The number of nitrogens with one attached hydrogen (secondary N) is 2. The van der Waals surface area contributed by atoms with Crippen molar-refractivity contribution >= 4 is 12.0 Å². The summed E-state index contributed by atoms with van der Waals surface area (Å²) in [6.45, 7) is 4.67. The summed E-state index contributed by atoms with van der Waals surface area (Å²) in [6, 6.07) is 8.12. The normalized spacial score (nSPS) is 21.9. The number of rotatable bonds is 7. The van der Waals surface area contributed by atoms with Crippen LogP contribution in [0.3, 0.4) is 0 Å². The maximum absolute atomic E-state index is 12.7. The zero-order valence-electron chi connectivity index (χ0n) is 16.5. The van der Waals surface area contributed by atoms with Gasteiger partial charge in [-0.25, -0.2) is 4.79 Å². The number of carbonyl (C=O) groups is 2. The zero-order valence-corrected chi connectivity index (χ0v) is 16.5. The Morgan fingerprint density at radius 3 is 2.71 bits per heavy atom. The second-order valence-electron chi connectivity index (χ2n) is 7.32. The minimum Gasteiger partial charge on any atom is -0.445 e. The molecule has 0 saturated heterocycles. The van der Waals surface area contributed by atoms with Gasteiger partial charge in [0.15, 0.2) is 0 Å². The van der Waals surface area contributed by atoms with Crippen LogP contribution >= 0.6 is 0 Å². The summed E-state index contributed by atoms with van der Waals surface area (Å²) in [6.07, 6.45) is 3.23. The number of ether oxygens (including phenoxy) is 2. The van der Waals surface area contributed by atoms with Gasteiger partial charge in [0.2, 0.25) is 5.91 Å². The first kappa shape index (κ1) is 21.9. The van der Waals surface area contributed by atoms with E-state index < -0.39 is 24.3 Å². The minimum atomic E-state index is -0.807. The van der Waals surface area contributed by atoms with Gasteiger partial charge in [0.1, 0.15) is 12.6 Å². The molecule has 0 aliphatic carbocycles. The fraction of sp³-hybridized carbons (Fsp3) is 0.524. The zero-order chi connectivity index (χ0) is 20.4. The Bertz CT molecular complexity index is 647. The van der Waals surface area contributed by atoms with Gasteiger partial charge >= 0.3 is 6.09 Å². The topological polar surface area (TPSA) is 96.9 Å². The third-order valence-electron chi connectivity index (χ3n) is 4.38. The van der Waals surface area contributed by atoms with E-state index in [1.165, 1.54) is 0 Å². The van der Waals surface area contributed by atoms with Crippen LogP contribution in [-0.2, 0) is 20.9 Å². The molecule has 7 heteroatoms. The van der Waals surface area contributed by atoms with E-state index in [-0.39, 0.29) is 25.0 Å². The Morgan fingerprint density at radius 2 is 2.00 bits per heavy atom. The first-order valence-corrected chi connectivity index (χ1v) is 9.64. The Labute approximate surface area is 166 Å². The highest BCUT2D eigenvalue weighted by atomic mass is 16.5. The molecule has 28 heavy (non-hydrogen) atoms. The number of hydrogen-bond acceptors (Lipinski definition) is 5. The highest BCUT2D eigenvalue weighted by Crippen LogP contribution is 2.10. The van der Waals surface area contributed by atoms with E-state index in [0.29, 0.717) is 19.4 Å². The molecule has 1 aliphatic heterocycles. The molecular formula is C21H30N2O5. The lowest BCUT2D eigenvalue weighted by Gasteiger charge is -2.27. The lowest BCUT2D eigenvalue weighted by Crippen LogP contribution is -2.53. The number of aliphatic hydroxyl groups excluding tert-OH is 1. The molecule has 0 aromatic heterocycles. The van der Waals surface area contributed by atoms with Crippen LogP contribution in [0.15, 0.2) is 42.5 Å². The third kappa shape index (κ3) is 7.70. The van der Waals surface area contributed by atoms with Crippen LogP contribution in [0.1, 0.15) is 32.3 Å². The van der Waals surface area contributed by atoms with E-state index in [2.05, 4.69) is 10.6 Å². The van der Waals surface area contributed by atoms with Crippen molar-refractivity contribution in [1.82, 2.24) is 10.6 Å². The van der Waals surface area contributed by atoms with Gasteiger partial charge in [0, 0.05) is 0 Å². The average molecular weight is 390 g/mol. The highest BCUT2D eigenvalue weighted by molar-refractivity contribution is 5.85. The van der Waals surface area contributed by atoms with Crippen molar-refractivity contribution in [3.8, 4) is 0 Å². The van der Waals surface area contributed by atoms with Gasteiger partial charge < -0.3 is 25.2 Å². The molecule has 0 spiro atoms. The Hall–Kier alpha value is -2.38. The Morgan fingerprint density at radius 1 is 1.25 bits per heavy atom. The Balaban J connectivity index is 1.92. The van der Waals surface area contributed by atoms with Crippen molar-refractivity contribution in [3.05, 3.63) is 48.0 Å². The van der Waals surface area contributed by atoms with Gasteiger partial charge in [0.25, 0.3) is 0 Å². The van der Waals surface area contributed by atoms with Crippen molar-refractivity contribution in [2.45, 2.75) is 51.5 Å². The lowest BCUT2D eigenvalue weighted by molar-refractivity contribution is -0.125. The fourth-order valence-corrected chi connectivity index (χ4v) is 2.89. The smallest absolute Gasteiger partial charge is 0.408 e. The Kier molecular flexibility index (Phi) is 8.97. The van der Waals surface area contributed by atoms with Gasteiger partial charge in [-0.05, 0) is 24.3 Å². The van der Waals surface area contributed by atoms with Crippen molar-refractivity contribution in [3.63, 3.8) is 0 Å². The first-order valence-electron chi connectivity index (χ1n) is 9.64. The van der Waals surface area contributed by atoms with Crippen LogP contribution in [0.25, 0.3) is 0 Å². The molecular weight excluding hydrogens is 360 g/mol. The second-order valence-corrected chi connectivity index (χ2v) is 7.32. The van der Waals surface area contributed by atoms with Crippen LogP contribution in [-0.4, -0.2) is 48.5 Å². The molecule has 2 amide bonds. The molecule has 3 atom stereocenters. The van der Waals surface area contributed by atoms with Crippen LogP contribution in [0, 0.1) is 5.92 Å². The minimum absolute atomic E-state index is 0.131. The fourth-order valence-electron chi connectivity index (χ4n) is 2.89. The molecule has 1 heterocycles. The summed E-state index contributed by atoms with van der Waals surface area (Å²) in [5, 5.41) is 15.7. The largest absolute Gasteiger partial charge is 0.445 e. The van der Waals surface area contributed by atoms with E-state index in [9.17, 15) is 14.7 Å². The van der Waals surface area contributed by atoms with Crippen LogP contribution in [0.4, 0.5) is 4.79 Å². The van der Waals surface area contributed by atoms with E-state index in [1.807, 2.05) is 56.3 Å². The van der Waals surface area contributed by atoms with Crippen LogP contribution in [0.2, 0.25) is 0 Å². The van der Waals surface area contributed by atoms with Gasteiger partial charge in [0.05, 0.1) is 25.4 Å². The summed E-state index contributed by atoms with van der Waals surface area (Å²) >= 11 is 0. The molecule has 1 aromatic carbocycles. The molecule has 0 bridgehead atoms. The van der Waals surface area contributed by atoms with Crippen LogP contribution < -0.4 is 10.6 Å². The first-order chi connectivity index (χ1) is 13.5. The average Bonchev–Trinajstić information content (AvgIpc) is 2.66. The summed E-state index contributed by atoms with van der Waals surface area (Å²) in [5.41, 5.74) is 0.868. The van der Waals surface area contributed by atoms with E-state index in [1.54, 1.807) is 0 Å². The van der Waals surface area contributed by atoms with Gasteiger partial charge in [-0.15, -0.1) is 0 Å². The maximum atomic E-state index is 12.7. The lowest BCUT2D eigenvalue weighted by atomic mass is 10.0. The van der Waals surface area contributed by atoms with Crippen molar-refractivity contribution in [2.75, 3.05) is 13.2 Å². The molecule has 1 unspecified atom stereocenters. The molecule has 0 fully saturated rings. The summed E-state index contributed by atoms with van der Waals surface area (Å²) in [5.74, 6) is -0.154.